The average molecular weight is 240 g/mol. The molecule has 1 aromatic heterocycles. The van der Waals surface area contributed by atoms with Gasteiger partial charge in [0.1, 0.15) is 10.6 Å². The Bertz CT molecular complexity index is 410. The molecule has 0 spiro atoms. The van der Waals surface area contributed by atoms with Crippen molar-refractivity contribution in [2.45, 2.75) is 33.1 Å². The molecule has 1 fully saturated rings. The molecule has 0 amide bonds. The molecule has 5 heteroatoms. The molecule has 16 heavy (non-hydrogen) atoms. The number of rotatable bonds is 5. The van der Waals surface area contributed by atoms with Crippen molar-refractivity contribution in [3.8, 4) is 0 Å². The Kier molecular flexibility index (Phi) is 2.88. The zero-order valence-corrected chi connectivity index (χ0v) is 10.4. The summed E-state index contributed by atoms with van der Waals surface area (Å²) in [5.41, 5.74) is 1.34. The molecule has 0 unspecified atom stereocenters. The molecule has 1 heterocycles. The molecule has 1 aliphatic rings. The average Bonchev–Trinajstić information content (AvgIpc) is 2.93. The van der Waals surface area contributed by atoms with Crippen LogP contribution in [0, 0.1) is 12.3 Å². The van der Waals surface area contributed by atoms with Crippen LogP contribution < -0.4 is 5.32 Å². The lowest BCUT2D eigenvalue weighted by Gasteiger charge is -2.13. The first-order valence-corrected chi connectivity index (χ1v) is 6.29. The van der Waals surface area contributed by atoms with Gasteiger partial charge in [0.2, 0.25) is 0 Å². The normalized spacial score (nSPS) is 17.1. The van der Waals surface area contributed by atoms with Crippen LogP contribution in [0.2, 0.25) is 0 Å². The van der Waals surface area contributed by atoms with Crippen LogP contribution >= 0.6 is 11.5 Å². The summed E-state index contributed by atoms with van der Waals surface area (Å²) in [7, 11) is 0. The Morgan fingerprint density at radius 1 is 1.62 bits per heavy atom. The molecule has 2 rings (SSSR count). The zero-order chi connectivity index (χ0) is 11.8. The third-order valence-corrected chi connectivity index (χ3v) is 4.30. The summed E-state index contributed by atoms with van der Waals surface area (Å²) in [5, 5.41) is 13.0. The molecule has 0 radical (unpaired) electrons. The van der Waals surface area contributed by atoms with Crippen LogP contribution in [-0.4, -0.2) is 22.0 Å². The first-order chi connectivity index (χ1) is 7.58. The fourth-order valence-corrected chi connectivity index (χ4v) is 2.62. The summed E-state index contributed by atoms with van der Waals surface area (Å²) in [6, 6.07) is 0. The van der Waals surface area contributed by atoms with Gasteiger partial charge in [-0.3, -0.25) is 0 Å². The van der Waals surface area contributed by atoms with E-state index in [0.29, 0.717) is 21.7 Å². The molecule has 2 N–H and O–H groups in total. The highest BCUT2D eigenvalue weighted by Crippen LogP contribution is 2.48. The number of carbonyl (C=O) groups is 1. The SMILES string of the molecule is CCC1(CNc2snc(C)c2C(=O)O)CC1. The molecule has 1 saturated carbocycles. The minimum atomic E-state index is -0.893. The van der Waals surface area contributed by atoms with Crippen molar-refractivity contribution in [2.24, 2.45) is 5.41 Å². The predicted molar refractivity (Wildman–Crippen MR) is 64.3 cm³/mol. The van der Waals surface area contributed by atoms with Crippen LogP contribution in [0.4, 0.5) is 5.00 Å². The number of carboxylic acid groups (broad SMARTS) is 1. The Balaban J connectivity index is 2.07. The summed E-state index contributed by atoms with van der Waals surface area (Å²) in [5.74, 6) is -0.893. The Morgan fingerprint density at radius 3 is 2.81 bits per heavy atom. The Morgan fingerprint density at radius 2 is 2.31 bits per heavy atom. The molecular weight excluding hydrogens is 224 g/mol. The topological polar surface area (TPSA) is 62.2 Å². The van der Waals surface area contributed by atoms with Gasteiger partial charge in [-0.15, -0.1) is 0 Å². The lowest BCUT2D eigenvalue weighted by atomic mass is 10.0. The maximum absolute atomic E-state index is 11.0. The first-order valence-electron chi connectivity index (χ1n) is 5.51. The van der Waals surface area contributed by atoms with E-state index in [4.69, 9.17) is 5.11 Å². The zero-order valence-electron chi connectivity index (χ0n) is 9.54. The van der Waals surface area contributed by atoms with Gasteiger partial charge in [-0.25, -0.2) is 4.79 Å². The van der Waals surface area contributed by atoms with E-state index in [1.165, 1.54) is 24.4 Å². The molecule has 4 nitrogen and oxygen atoms in total. The van der Waals surface area contributed by atoms with Gasteiger partial charge in [-0.2, -0.15) is 4.37 Å². The summed E-state index contributed by atoms with van der Waals surface area (Å²) < 4.78 is 4.08. The Labute approximate surface area is 98.9 Å². The van der Waals surface area contributed by atoms with Crippen LogP contribution in [0.3, 0.4) is 0 Å². The largest absolute Gasteiger partial charge is 0.478 e. The monoisotopic (exact) mass is 240 g/mol. The lowest BCUT2D eigenvalue weighted by molar-refractivity contribution is 0.0697. The summed E-state index contributed by atoms with van der Waals surface area (Å²) in [6.07, 6.45) is 3.65. The van der Waals surface area contributed by atoms with Gasteiger partial charge < -0.3 is 10.4 Å². The highest BCUT2D eigenvalue weighted by Gasteiger charge is 2.40. The number of hydrogen-bond acceptors (Lipinski definition) is 4. The maximum Gasteiger partial charge on any atom is 0.340 e. The molecule has 88 valence electrons. The van der Waals surface area contributed by atoms with Gasteiger partial charge in [0, 0.05) is 6.54 Å². The second-order valence-corrected chi connectivity index (χ2v) is 5.26. The third kappa shape index (κ3) is 2.04. The van der Waals surface area contributed by atoms with E-state index in [2.05, 4.69) is 16.6 Å². The third-order valence-electron chi connectivity index (χ3n) is 3.41. The van der Waals surface area contributed by atoms with E-state index >= 15 is 0 Å². The Hall–Kier alpha value is -1.10. The number of nitrogens with zero attached hydrogens (tertiary/aromatic N) is 1. The summed E-state index contributed by atoms with van der Waals surface area (Å²) >= 11 is 1.24. The van der Waals surface area contributed by atoms with Crippen LogP contribution in [0.5, 0.6) is 0 Å². The van der Waals surface area contributed by atoms with E-state index in [-0.39, 0.29) is 0 Å². The molecule has 0 atom stereocenters. The van der Waals surface area contributed by atoms with Gasteiger partial charge in [0.05, 0.1) is 5.69 Å². The van der Waals surface area contributed by atoms with Gasteiger partial charge in [0.25, 0.3) is 0 Å². The minimum absolute atomic E-state index is 0.330. The highest BCUT2D eigenvalue weighted by molar-refractivity contribution is 7.10. The predicted octanol–water partition coefficient (Wildman–Crippen LogP) is 2.75. The van der Waals surface area contributed by atoms with Crippen molar-refractivity contribution in [3.05, 3.63) is 11.3 Å². The smallest absolute Gasteiger partial charge is 0.340 e. The number of anilines is 1. The summed E-state index contributed by atoms with van der Waals surface area (Å²) in [4.78, 5) is 11.0. The van der Waals surface area contributed by atoms with Crippen molar-refractivity contribution in [1.82, 2.24) is 4.37 Å². The maximum atomic E-state index is 11.0. The quantitative estimate of drug-likeness (QED) is 0.830. The number of aromatic carboxylic acids is 1. The number of hydrogen-bond donors (Lipinski definition) is 2. The van der Waals surface area contributed by atoms with Crippen molar-refractivity contribution < 1.29 is 9.90 Å². The molecule has 0 bridgehead atoms. The van der Waals surface area contributed by atoms with E-state index in [1.54, 1.807) is 6.92 Å². The first kappa shape index (κ1) is 11.4. The van der Waals surface area contributed by atoms with Gasteiger partial charge in [-0.05, 0) is 43.1 Å². The van der Waals surface area contributed by atoms with E-state index < -0.39 is 5.97 Å². The van der Waals surface area contributed by atoms with Crippen LogP contribution in [0.25, 0.3) is 0 Å². The fourth-order valence-electron chi connectivity index (χ4n) is 1.84. The van der Waals surface area contributed by atoms with Crippen LogP contribution in [-0.2, 0) is 0 Å². The standard InChI is InChI=1S/C11H16N2O2S/c1-3-11(4-5-11)6-12-9-8(10(14)15)7(2)13-16-9/h12H,3-6H2,1-2H3,(H,14,15). The van der Waals surface area contributed by atoms with Crippen LogP contribution in [0.1, 0.15) is 42.2 Å². The second kappa shape index (κ2) is 4.05. The minimum Gasteiger partial charge on any atom is -0.478 e. The number of nitrogens with one attached hydrogen (secondary N) is 1. The van der Waals surface area contributed by atoms with Gasteiger partial charge in [0.15, 0.2) is 0 Å². The van der Waals surface area contributed by atoms with Crippen LogP contribution in [0.15, 0.2) is 0 Å². The van der Waals surface area contributed by atoms with E-state index in [1.807, 2.05) is 0 Å². The number of aryl methyl sites for hydroxylation is 1. The molecular formula is C11H16N2O2S. The van der Waals surface area contributed by atoms with Gasteiger partial charge >= 0.3 is 5.97 Å². The fraction of sp³-hybridized carbons (Fsp3) is 0.636. The molecule has 1 aromatic rings. The van der Waals surface area contributed by atoms with E-state index in [9.17, 15) is 4.79 Å². The molecule has 0 aromatic carbocycles. The molecule has 0 aliphatic heterocycles. The van der Waals surface area contributed by atoms with Crippen molar-refractivity contribution in [2.75, 3.05) is 11.9 Å². The van der Waals surface area contributed by atoms with Gasteiger partial charge in [-0.1, -0.05) is 6.92 Å². The molecule has 1 aliphatic carbocycles. The van der Waals surface area contributed by atoms with E-state index in [0.717, 1.165) is 13.0 Å². The highest BCUT2D eigenvalue weighted by atomic mass is 32.1. The number of aromatic nitrogens is 1. The number of carboxylic acids is 1. The van der Waals surface area contributed by atoms with Crippen molar-refractivity contribution in [1.29, 1.82) is 0 Å². The molecule has 0 saturated heterocycles. The summed E-state index contributed by atoms with van der Waals surface area (Å²) in [6.45, 7) is 4.79. The van der Waals surface area contributed by atoms with Crippen molar-refractivity contribution >= 4 is 22.5 Å². The van der Waals surface area contributed by atoms with Crippen molar-refractivity contribution in [3.63, 3.8) is 0 Å². The second-order valence-electron chi connectivity index (χ2n) is 4.48. The lowest BCUT2D eigenvalue weighted by Crippen LogP contribution is -2.15.